The number of benzene rings is 1. The van der Waals surface area contributed by atoms with Crippen molar-refractivity contribution in [2.45, 2.75) is 46.0 Å². The molecule has 0 atom stereocenters. The van der Waals surface area contributed by atoms with E-state index in [1.807, 2.05) is 0 Å². The van der Waals surface area contributed by atoms with Crippen LogP contribution in [0.5, 0.6) is 5.75 Å². The van der Waals surface area contributed by atoms with Crippen LogP contribution in [0.1, 0.15) is 43.9 Å². The molecule has 0 N–H and O–H groups in total. The highest BCUT2D eigenvalue weighted by molar-refractivity contribution is 5.48. The second-order valence-corrected chi connectivity index (χ2v) is 5.44. The molecule has 82 valence electrons. The van der Waals surface area contributed by atoms with E-state index in [9.17, 15) is 0 Å². The Morgan fingerprint density at radius 2 is 1.93 bits per heavy atom. The number of hydrogen-bond donors (Lipinski definition) is 0. The molecule has 0 saturated carbocycles. The van der Waals surface area contributed by atoms with E-state index in [-0.39, 0.29) is 5.41 Å². The second-order valence-electron chi connectivity index (χ2n) is 5.44. The lowest BCUT2D eigenvalue weighted by Gasteiger charge is -2.29. The van der Waals surface area contributed by atoms with E-state index < -0.39 is 0 Å². The van der Waals surface area contributed by atoms with Crippen LogP contribution in [-0.2, 0) is 11.8 Å². The molecule has 1 aromatic rings. The summed E-state index contributed by atoms with van der Waals surface area (Å²) >= 11 is 0. The minimum atomic E-state index is 0.218. The molecule has 0 unspecified atom stereocenters. The van der Waals surface area contributed by atoms with E-state index in [1.54, 1.807) is 0 Å². The molecule has 1 nitrogen and oxygen atoms in total. The molecule has 2 rings (SSSR count). The Hall–Kier alpha value is -0.980. The molecular formula is C14H20O. The molecule has 0 aromatic heterocycles. The van der Waals surface area contributed by atoms with Gasteiger partial charge in [-0.25, -0.2) is 0 Å². The van der Waals surface area contributed by atoms with Gasteiger partial charge in [0, 0.05) is 0 Å². The molecule has 0 radical (unpaired) electrons. The Morgan fingerprint density at radius 3 is 2.60 bits per heavy atom. The van der Waals surface area contributed by atoms with E-state index in [0.29, 0.717) is 0 Å². The molecule has 0 aliphatic carbocycles. The van der Waals surface area contributed by atoms with E-state index in [1.165, 1.54) is 23.1 Å². The third-order valence-electron chi connectivity index (χ3n) is 3.06. The van der Waals surface area contributed by atoms with Gasteiger partial charge in [-0.2, -0.15) is 0 Å². The van der Waals surface area contributed by atoms with Gasteiger partial charge in [0.25, 0.3) is 0 Å². The predicted octanol–water partition coefficient (Wildman–Crippen LogP) is 3.62. The van der Waals surface area contributed by atoms with Gasteiger partial charge < -0.3 is 4.74 Å². The van der Waals surface area contributed by atoms with Gasteiger partial charge in [-0.1, -0.05) is 26.8 Å². The van der Waals surface area contributed by atoms with E-state index >= 15 is 0 Å². The summed E-state index contributed by atoms with van der Waals surface area (Å²) in [5.74, 6) is 1.11. The minimum Gasteiger partial charge on any atom is -0.493 e. The molecule has 1 aromatic carbocycles. The SMILES string of the molecule is Cc1ccc2c(c1C(C)(C)C)CCCO2. The summed E-state index contributed by atoms with van der Waals surface area (Å²) in [5, 5.41) is 0. The Morgan fingerprint density at radius 1 is 1.20 bits per heavy atom. The zero-order valence-corrected chi connectivity index (χ0v) is 10.2. The maximum Gasteiger partial charge on any atom is 0.122 e. The monoisotopic (exact) mass is 204 g/mol. The van der Waals surface area contributed by atoms with Crippen LogP contribution in [0.4, 0.5) is 0 Å². The Labute approximate surface area is 92.5 Å². The van der Waals surface area contributed by atoms with Crippen LogP contribution < -0.4 is 4.74 Å². The Kier molecular flexibility index (Phi) is 2.49. The zero-order chi connectivity index (χ0) is 11.1. The van der Waals surface area contributed by atoms with Crippen molar-refractivity contribution in [3.63, 3.8) is 0 Å². The summed E-state index contributed by atoms with van der Waals surface area (Å²) in [5.41, 5.74) is 4.54. The number of fused-ring (bicyclic) bond motifs is 1. The number of ether oxygens (including phenoxy) is 1. The highest BCUT2D eigenvalue weighted by Crippen LogP contribution is 2.36. The third kappa shape index (κ3) is 1.88. The van der Waals surface area contributed by atoms with Crippen LogP contribution in [0.15, 0.2) is 12.1 Å². The number of hydrogen-bond acceptors (Lipinski definition) is 1. The first kappa shape index (κ1) is 10.5. The Bertz CT molecular complexity index is 372. The van der Waals surface area contributed by atoms with E-state index in [4.69, 9.17) is 4.74 Å². The highest BCUT2D eigenvalue weighted by Gasteiger charge is 2.24. The summed E-state index contributed by atoms with van der Waals surface area (Å²) in [6.07, 6.45) is 2.32. The number of aryl methyl sites for hydroxylation is 1. The smallest absolute Gasteiger partial charge is 0.122 e. The summed E-state index contributed by atoms with van der Waals surface area (Å²) in [7, 11) is 0. The largest absolute Gasteiger partial charge is 0.493 e. The molecule has 1 heterocycles. The molecule has 1 aliphatic rings. The topological polar surface area (TPSA) is 9.23 Å². The molecule has 1 aliphatic heterocycles. The molecule has 0 fully saturated rings. The maximum absolute atomic E-state index is 5.71. The fourth-order valence-corrected chi connectivity index (χ4v) is 2.60. The number of rotatable bonds is 0. The molecule has 0 spiro atoms. The fourth-order valence-electron chi connectivity index (χ4n) is 2.60. The van der Waals surface area contributed by atoms with Gasteiger partial charge in [0.05, 0.1) is 6.61 Å². The van der Waals surface area contributed by atoms with Crippen LogP contribution in [-0.4, -0.2) is 6.61 Å². The van der Waals surface area contributed by atoms with Gasteiger partial charge in [0.1, 0.15) is 5.75 Å². The fraction of sp³-hybridized carbons (Fsp3) is 0.571. The molecule has 0 bridgehead atoms. The van der Waals surface area contributed by atoms with Gasteiger partial charge in [0.15, 0.2) is 0 Å². The van der Waals surface area contributed by atoms with Crippen LogP contribution >= 0.6 is 0 Å². The molecule has 0 amide bonds. The lowest BCUT2D eigenvalue weighted by atomic mass is 9.79. The first-order valence-corrected chi connectivity index (χ1v) is 5.76. The molecular weight excluding hydrogens is 184 g/mol. The summed E-state index contributed by atoms with van der Waals surface area (Å²) < 4.78 is 5.71. The quantitative estimate of drug-likeness (QED) is 0.627. The van der Waals surface area contributed by atoms with Gasteiger partial charge in [-0.05, 0) is 47.9 Å². The standard InChI is InChI=1S/C14H20O/c1-10-7-8-12-11(6-5-9-15-12)13(10)14(2,3)4/h7-8H,5-6,9H2,1-4H3. The van der Waals surface area contributed by atoms with E-state index in [0.717, 1.165) is 18.8 Å². The van der Waals surface area contributed by atoms with Gasteiger partial charge in [-0.15, -0.1) is 0 Å². The van der Waals surface area contributed by atoms with Crippen molar-refractivity contribution in [3.8, 4) is 5.75 Å². The average Bonchev–Trinajstić information content (AvgIpc) is 2.15. The van der Waals surface area contributed by atoms with Crippen molar-refractivity contribution in [1.82, 2.24) is 0 Å². The summed E-state index contributed by atoms with van der Waals surface area (Å²) in [4.78, 5) is 0. The lowest BCUT2D eigenvalue weighted by Crippen LogP contribution is -2.20. The van der Waals surface area contributed by atoms with E-state index in [2.05, 4.69) is 39.8 Å². The van der Waals surface area contributed by atoms with Gasteiger partial charge in [-0.3, -0.25) is 0 Å². The summed E-state index contributed by atoms with van der Waals surface area (Å²) in [6, 6.07) is 4.31. The highest BCUT2D eigenvalue weighted by atomic mass is 16.5. The lowest BCUT2D eigenvalue weighted by molar-refractivity contribution is 0.286. The van der Waals surface area contributed by atoms with Gasteiger partial charge in [0.2, 0.25) is 0 Å². The Balaban J connectivity index is 2.60. The van der Waals surface area contributed by atoms with Crippen molar-refractivity contribution in [1.29, 1.82) is 0 Å². The first-order valence-electron chi connectivity index (χ1n) is 5.76. The second kappa shape index (κ2) is 3.55. The normalized spacial score (nSPS) is 15.7. The minimum absolute atomic E-state index is 0.218. The molecule has 15 heavy (non-hydrogen) atoms. The third-order valence-corrected chi connectivity index (χ3v) is 3.06. The maximum atomic E-state index is 5.71. The zero-order valence-electron chi connectivity index (χ0n) is 10.2. The average molecular weight is 204 g/mol. The molecule has 0 saturated heterocycles. The summed E-state index contributed by atoms with van der Waals surface area (Å²) in [6.45, 7) is 9.92. The first-order chi connectivity index (χ1) is 7.00. The van der Waals surface area contributed by atoms with Crippen LogP contribution in [0, 0.1) is 6.92 Å². The van der Waals surface area contributed by atoms with Crippen molar-refractivity contribution >= 4 is 0 Å². The van der Waals surface area contributed by atoms with Crippen LogP contribution in [0.3, 0.4) is 0 Å². The van der Waals surface area contributed by atoms with Crippen LogP contribution in [0.25, 0.3) is 0 Å². The van der Waals surface area contributed by atoms with Gasteiger partial charge >= 0.3 is 0 Å². The van der Waals surface area contributed by atoms with Crippen LogP contribution in [0.2, 0.25) is 0 Å². The molecule has 1 heteroatoms. The predicted molar refractivity (Wildman–Crippen MR) is 63.7 cm³/mol. The van der Waals surface area contributed by atoms with Crippen molar-refractivity contribution in [2.24, 2.45) is 0 Å². The van der Waals surface area contributed by atoms with Crippen molar-refractivity contribution in [3.05, 3.63) is 28.8 Å². The van der Waals surface area contributed by atoms with Crippen molar-refractivity contribution in [2.75, 3.05) is 6.61 Å². The van der Waals surface area contributed by atoms with Crippen molar-refractivity contribution < 1.29 is 4.74 Å².